The van der Waals surface area contributed by atoms with Crippen molar-refractivity contribution in [2.24, 2.45) is 11.7 Å². The number of carbonyl (C=O) groups excluding carboxylic acids is 1. The van der Waals surface area contributed by atoms with Gasteiger partial charge in [-0.15, -0.1) is 0 Å². The van der Waals surface area contributed by atoms with E-state index in [9.17, 15) is 4.79 Å². The predicted molar refractivity (Wildman–Crippen MR) is 53.2 cm³/mol. The molecule has 0 aliphatic heterocycles. The van der Waals surface area contributed by atoms with Crippen molar-refractivity contribution in [1.29, 1.82) is 0 Å². The van der Waals surface area contributed by atoms with Crippen molar-refractivity contribution in [3.8, 4) is 0 Å². The summed E-state index contributed by atoms with van der Waals surface area (Å²) < 4.78 is 0. The molecule has 0 aromatic heterocycles. The molecule has 1 saturated carbocycles. The lowest BCUT2D eigenvalue weighted by Crippen LogP contribution is -2.52. The highest BCUT2D eigenvalue weighted by atomic mass is 16.2. The van der Waals surface area contributed by atoms with Gasteiger partial charge < -0.3 is 11.1 Å². The SMILES string of the molecule is CC(C)(C)NC(=O)C(N)C1CCC1. The Morgan fingerprint density at radius 3 is 2.31 bits per heavy atom. The van der Waals surface area contributed by atoms with Crippen LogP contribution in [0.15, 0.2) is 0 Å². The average molecular weight is 184 g/mol. The Kier molecular flexibility index (Phi) is 2.96. The first-order chi connectivity index (χ1) is 5.90. The minimum Gasteiger partial charge on any atom is -0.350 e. The Hall–Kier alpha value is -0.570. The van der Waals surface area contributed by atoms with E-state index in [1.165, 1.54) is 6.42 Å². The van der Waals surface area contributed by atoms with Crippen molar-refractivity contribution < 1.29 is 4.79 Å². The lowest BCUT2D eigenvalue weighted by atomic mass is 9.79. The van der Waals surface area contributed by atoms with Gasteiger partial charge in [-0.2, -0.15) is 0 Å². The standard InChI is InChI=1S/C10H20N2O/c1-10(2,3)12-9(13)8(11)7-5-4-6-7/h7-8H,4-6,11H2,1-3H3,(H,12,13). The van der Waals surface area contributed by atoms with Crippen molar-refractivity contribution in [3.63, 3.8) is 0 Å². The van der Waals surface area contributed by atoms with Gasteiger partial charge >= 0.3 is 0 Å². The fourth-order valence-electron chi connectivity index (χ4n) is 1.47. The average Bonchev–Trinajstić information content (AvgIpc) is 1.78. The smallest absolute Gasteiger partial charge is 0.237 e. The number of carbonyl (C=O) groups is 1. The minimum absolute atomic E-state index is 0.00259. The second-order valence-corrected chi connectivity index (χ2v) is 4.96. The van der Waals surface area contributed by atoms with E-state index in [0.717, 1.165) is 12.8 Å². The normalized spacial score (nSPS) is 20.6. The van der Waals surface area contributed by atoms with Crippen LogP contribution in [0, 0.1) is 5.92 Å². The van der Waals surface area contributed by atoms with Crippen molar-refractivity contribution in [3.05, 3.63) is 0 Å². The minimum atomic E-state index is -0.298. The van der Waals surface area contributed by atoms with Crippen LogP contribution in [0.1, 0.15) is 40.0 Å². The molecule has 1 amide bonds. The van der Waals surface area contributed by atoms with Gasteiger partial charge in [0, 0.05) is 5.54 Å². The molecule has 3 N–H and O–H groups in total. The lowest BCUT2D eigenvalue weighted by molar-refractivity contribution is -0.125. The van der Waals surface area contributed by atoms with Crippen LogP contribution in [-0.4, -0.2) is 17.5 Å². The zero-order chi connectivity index (χ0) is 10.1. The molecule has 1 aliphatic rings. The van der Waals surface area contributed by atoms with Crippen LogP contribution in [0.3, 0.4) is 0 Å². The van der Waals surface area contributed by atoms with Gasteiger partial charge in [-0.05, 0) is 39.5 Å². The van der Waals surface area contributed by atoms with E-state index in [4.69, 9.17) is 5.73 Å². The van der Waals surface area contributed by atoms with Gasteiger partial charge in [0.05, 0.1) is 6.04 Å². The molecule has 1 atom stereocenters. The van der Waals surface area contributed by atoms with Gasteiger partial charge in [0.2, 0.25) is 5.91 Å². The molecule has 3 nitrogen and oxygen atoms in total. The summed E-state index contributed by atoms with van der Waals surface area (Å²) in [4.78, 5) is 11.6. The van der Waals surface area contributed by atoms with Gasteiger partial charge in [-0.1, -0.05) is 6.42 Å². The third-order valence-electron chi connectivity index (χ3n) is 2.46. The number of nitrogens with one attached hydrogen (secondary N) is 1. The van der Waals surface area contributed by atoms with Crippen molar-refractivity contribution in [2.75, 3.05) is 0 Å². The number of hydrogen-bond donors (Lipinski definition) is 2. The summed E-state index contributed by atoms with van der Waals surface area (Å²) in [5, 5.41) is 2.90. The summed E-state index contributed by atoms with van der Waals surface area (Å²) in [6.45, 7) is 5.91. The molecular weight excluding hydrogens is 164 g/mol. The first kappa shape index (κ1) is 10.5. The van der Waals surface area contributed by atoms with E-state index in [1.807, 2.05) is 20.8 Å². The molecule has 0 heterocycles. The Morgan fingerprint density at radius 2 is 2.00 bits per heavy atom. The molecule has 1 rings (SSSR count). The zero-order valence-electron chi connectivity index (χ0n) is 8.76. The topological polar surface area (TPSA) is 55.1 Å². The molecule has 0 saturated heterocycles. The van der Waals surface area contributed by atoms with Crippen LogP contribution < -0.4 is 11.1 Å². The number of hydrogen-bond acceptors (Lipinski definition) is 2. The maximum absolute atomic E-state index is 11.6. The third kappa shape index (κ3) is 2.99. The summed E-state index contributed by atoms with van der Waals surface area (Å²) in [5.74, 6) is 0.416. The van der Waals surface area contributed by atoms with Gasteiger partial charge in [0.25, 0.3) is 0 Å². The number of amides is 1. The summed E-state index contributed by atoms with van der Waals surface area (Å²) in [6.07, 6.45) is 3.44. The maximum Gasteiger partial charge on any atom is 0.237 e. The second kappa shape index (κ2) is 3.66. The molecule has 0 radical (unpaired) electrons. The molecule has 0 bridgehead atoms. The Morgan fingerprint density at radius 1 is 1.46 bits per heavy atom. The van der Waals surface area contributed by atoms with E-state index in [-0.39, 0.29) is 17.5 Å². The summed E-state index contributed by atoms with van der Waals surface area (Å²) in [5.41, 5.74) is 5.65. The summed E-state index contributed by atoms with van der Waals surface area (Å²) in [6, 6.07) is -0.298. The molecule has 1 aliphatic carbocycles. The molecule has 1 unspecified atom stereocenters. The van der Waals surface area contributed by atoms with E-state index in [0.29, 0.717) is 5.92 Å². The highest BCUT2D eigenvalue weighted by Gasteiger charge is 2.30. The van der Waals surface area contributed by atoms with E-state index in [2.05, 4.69) is 5.32 Å². The molecule has 1 fully saturated rings. The molecule has 0 aromatic rings. The fourth-order valence-corrected chi connectivity index (χ4v) is 1.47. The largest absolute Gasteiger partial charge is 0.350 e. The Balaban J connectivity index is 2.38. The predicted octanol–water partition coefficient (Wildman–Crippen LogP) is 1.03. The Bertz CT molecular complexity index is 192. The van der Waals surface area contributed by atoms with Crippen molar-refractivity contribution in [2.45, 2.75) is 51.6 Å². The second-order valence-electron chi connectivity index (χ2n) is 4.96. The first-order valence-corrected chi connectivity index (χ1v) is 4.98. The van der Waals surface area contributed by atoms with Crippen LogP contribution in [0.2, 0.25) is 0 Å². The van der Waals surface area contributed by atoms with Crippen LogP contribution in [0.4, 0.5) is 0 Å². The Labute approximate surface area is 80.1 Å². The monoisotopic (exact) mass is 184 g/mol. The molecule has 13 heavy (non-hydrogen) atoms. The van der Waals surface area contributed by atoms with Crippen LogP contribution in [0.5, 0.6) is 0 Å². The van der Waals surface area contributed by atoms with Gasteiger partial charge in [-0.25, -0.2) is 0 Å². The third-order valence-corrected chi connectivity index (χ3v) is 2.46. The van der Waals surface area contributed by atoms with Crippen LogP contribution in [0.25, 0.3) is 0 Å². The highest BCUT2D eigenvalue weighted by Crippen LogP contribution is 2.28. The number of nitrogens with two attached hydrogens (primary N) is 1. The van der Waals surface area contributed by atoms with Crippen LogP contribution in [-0.2, 0) is 4.79 Å². The van der Waals surface area contributed by atoms with Gasteiger partial charge in [0.1, 0.15) is 0 Å². The van der Waals surface area contributed by atoms with Crippen LogP contribution >= 0.6 is 0 Å². The fraction of sp³-hybridized carbons (Fsp3) is 0.900. The van der Waals surface area contributed by atoms with Crippen molar-refractivity contribution >= 4 is 5.91 Å². The lowest BCUT2D eigenvalue weighted by Gasteiger charge is -2.32. The van der Waals surface area contributed by atoms with Crippen molar-refractivity contribution in [1.82, 2.24) is 5.32 Å². The van der Waals surface area contributed by atoms with Gasteiger partial charge in [-0.3, -0.25) is 4.79 Å². The summed E-state index contributed by atoms with van der Waals surface area (Å²) in [7, 11) is 0. The first-order valence-electron chi connectivity index (χ1n) is 4.98. The van der Waals surface area contributed by atoms with E-state index in [1.54, 1.807) is 0 Å². The van der Waals surface area contributed by atoms with Gasteiger partial charge in [0.15, 0.2) is 0 Å². The number of rotatable bonds is 2. The maximum atomic E-state index is 11.6. The molecule has 3 heteroatoms. The molecule has 76 valence electrons. The zero-order valence-corrected chi connectivity index (χ0v) is 8.76. The quantitative estimate of drug-likeness (QED) is 0.673. The van der Waals surface area contributed by atoms with E-state index >= 15 is 0 Å². The molecule has 0 spiro atoms. The molecular formula is C10H20N2O. The summed E-state index contributed by atoms with van der Waals surface area (Å²) >= 11 is 0. The molecule has 0 aromatic carbocycles. The highest BCUT2D eigenvalue weighted by molar-refractivity contribution is 5.82. The van der Waals surface area contributed by atoms with E-state index < -0.39 is 0 Å².